The molecular weight excluding hydrogens is 230 g/mol. The van der Waals surface area contributed by atoms with Gasteiger partial charge in [-0.1, -0.05) is 19.4 Å². The van der Waals surface area contributed by atoms with Gasteiger partial charge in [0, 0.05) is 12.6 Å². The van der Waals surface area contributed by atoms with Gasteiger partial charge in [-0.15, -0.1) is 0 Å². The molecule has 0 aliphatic rings. The first-order chi connectivity index (χ1) is 8.58. The molecule has 1 rings (SSSR count). The van der Waals surface area contributed by atoms with Gasteiger partial charge in [0.1, 0.15) is 0 Å². The second kappa shape index (κ2) is 7.24. The average molecular weight is 253 g/mol. The topological polar surface area (TPSA) is 61.7 Å². The van der Waals surface area contributed by atoms with E-state index in [2.05, 4.69) is 12.2 Å². The Kier molecular flexibility index (Phi) is 5.95. The molecule has 18 heavy (non-hydrogen) atoms. The summed E-state index contributed by atoms with van der Waals surface area (Å²) in [5, 5.41) is 22.4. The third kappa shape index (κ3) is 4.20. The van der Waals surface area contributed by atoms with Crippen molar-refractivity contribution in [3.8, 4) is 11.5 Å². The Labute approximate surface area is 109 Å². The van der Waals surface area contributed by atoms with Crippen molar-refractivity contribution < 1.29 is 14.9 Å². The minimum atomic E-state index is -0.309. The highest BCUT2D eigenvalue weighted by molar-refractivity contribution is 5.42. The van der Waals surface area contributed by atoms with Crippen LogP contribution in [0.25, 0.3) is 0 Å². The Morgan fingerprint density at radius 2 is 2.11 bits per heavy atom. The lowest BCUT2D eigenvalue weighted by Crippen LogP contribution is -2.28. The van der Waals surface area contributed by atoms with E-state index in [4.69, 9.17) is 4.74 Å². The maximum absolute atomic E-state index is 9.66. The molecule has 4 heteroatoms. The van der Waals surface area contributed by atoms with E-state index < -0.39 is 0 Å². The summed E-state index contributed by atoms with van der Waals surface area (Å²) in [5.74, 6) is 0.606. The van der Waals surface area contributed by atoms with E-state index in [0.29, 0.717) is 12.3 Å². The van der Waals surface area contributed by atoms with Crippen molar-refractivity contribution in [2.24, 2.45) is 0 Å². The molecule has 0 amide bonds. The highest BCUT2D eigenvalue weighted by Crippen LogP contribution is 2.28. The fourth-order valence-corrected chi connectivity index (χ4v) is 1.83. The summed E-state index contributed by atoms with van der Waals surface area (Å²) in [6, 6.07) is 5.38. The molecule has 1 aromatic rings. The minimum absolute atomic E-state index is 0.103. The monoisotopic (exact) mass is 253 g/mol. The average Bonchev–Trinajstić information content (AvgIpc) is 2.37. The van der Waals surface area contributed by atoms with E-state index in [-0.39, 0.29) is 17.9 Å². The van der Waals surface area contributed by atoms with Crippen LogP contribution in [0.2, 0.25) is 0 Å². The summed E-state index contributed by atoms with van der Waals surface area (Å²) in [5.41, 5.74) is 1.02. The fraction of sp³-hybridized carbons (Fsp3) is 0.571. The van der Waals surface area contributed by atoms with Gasteiger partial charge in [0.2, 0.25) is 0 Å². The third-order valence-electron chi connectivity index (χ3n) is 2.99. The van der Waals surface area contributed by atoms with Gasteiger partial charge in [-0.2, -0.15) is 0 Å². The number of hydrogen-bond donors (Lipinski definition) is 3. The van der Waals surface area contributed by atoms with Gasteiger partial charge >= 0.3 is 0 Å². The number of rotatable bonds is 7. The minimum Gasteiger partial charge on any atom is -0.504 e. The normalized spacial score (nSPS) is 14.2. The maximum Gasteiger partial charge on any atom is 0.160 e. The van der Waals surface area contributed by atoms with E-state index in [1.165, 1.54) is 7.11 Å². The van der Waals surface area contributed by atoms with E-state index in [1.807, 2.05) is 13.0 Å². The van der Waals surface area contributed by atoms with E-state index >= 15 is 0 Å². The number of benzene rings is 1. The van der Waals surface area contributed by atoms with Crippen LogP contribution in [0.1, 0.15) is 38.3 Å². The molecule has 0 saturated heterocycles. The maximum atomic E-state index is 9.66. The van der Waals surface area contributed by atoms with Crippen molar-refractivity contribution in [3.63, 3.8) is 0 Å². The molecule has 0 aromatic heterocycles. The highest BCUT2D eigenvalue weighted by Gasteiger charge is 2.10. The third-order valence-corrected chi connectivity index (χ3v) is 2.99. The second-order valence-electron chi connectivity index (χ2n) is 4.50. The number of aliphatic hydroxyl groups excluding tert-OH is 1. The molecule has 0 radical (unpaired) electrons. The van der Waals surface area contributed by atoms with Gasteiger partial charge in [0.05, 0.1) is 13.2 Å². The Hall–Kier alpha value is -1.26. The Morgan fingerprint density at radius 3 is 2.72 bits per heavy atom. The van der Waals surface area contributed by atoms with E-state index in [1.54, 1.807) is 12.1 Å². The predicted molar refractivity (Wildman–Crippen MR) is 72.0 cm³/mol. The summed E-state index contributed by atoms with van der Waals surface area (Å²) in [6.07, 6.45) is 1.47. The quantitative estimate of drug-likeness (QED) is 0.697. The first-order valence-electron chi connectivity index (χ1n) is 6.36. The molecule has 4 nitrogen and oxygen atoms in total. The number of methoxy groups -OCH3 is 1. The van der Waals surface area contributed by atoms with Crippen molar-refractivity contribution in [1.29, 1.82) is 0 Å². The van der Waals surface area contributed by atoms with Crippen LogP contribution in [0.3, 0.4) is 0 Å². The van der Waals surface area contributed by atoms with Crippen molar-refractivity contribution >= 4 is 0 Å². The lowest BCUT2D eigenvalue weighted by atomic mass is 10.1. The van der Waals surface area contributed by atoms with E-state index in [9.17, 15) is 10.2 Å². The molecule has 0 heterocycles. The standard InChI is InChI=1S/C14H23NO3/c1-4-5-12(16)9-15-10(2)11-6-7-13(17)14(8-11)18-3/h6-8,10,12,15-17H,4-5,9H2,1-3H3. The van der Waals surface area contributed by atoms with Crippen LogP contribution in [-0.2, 0) is 0 Å². The number of hydrogen-bond acceptors (Lipinski definition) is 4. The van der Waals surface area contributed by atoms with Crippen LogP contribution in [0.5, 0.6) is 11.5 Å². The summed E-state index contributed by atoms with van der Waals surface area (Å²) in [4.78, 5) is 0. The summed E-state index contributed by atoms with van der Waals surface area (Å²) < 4.78 is 5.07. The number of phenolic OH excluding ortho intramolecular Hbond substituents is 1. The van der Waals surface area contributed by atoms with Gasteiger partial charge in [-0.25, -0.2) is 0 Å². The SMILES string of the molecule is CCCC(O)CNC(C)c1ccc(O)c(OC)c1. The zero-order valence-electron chi connectivity index (χ0n) is 11.3. The van der Waals surface area contributed by atoms with Crippen molar-refractivity contribution in [2.75, 3.05) is 13.7 Å². The number of aromatic hydroxyl groups is 1. The van der Waals surface area contributed by atoms with Crippen LogP contribution in [-0.4, -0.2) is 30.0 Å². The van der Waals surface area contributed by atoms with Crippen LogP contribution in [0.4, 0.5) is 0 Å². The van der Waals surface area contributed by atoms with Gasteiger partial charge in [0.15, 0.2) is 11.5 Å². The molecule has 0 saturated carbocycles. The molecule has 0 aliphatic carbocycles. The highest BCUT2D eigenvalue weighted by atomic mass is 16.5. The van der Waals surface area contributed by atoms with Gasteiger partial charge < -0.3 is 20.3 Å². The zero-order chi connectivity index (χ0) is 13.5. The molecule has 102 valence electrons. The fourth-order valence-electron chi connectivity index (χ4n) is 1.83. The molecule has 2 atom stereocenters. The smallest absolute Gasteiger partial charge is 0.160 e. The van der Waals surface area contributed by atoms with Crippen LogP contribution >= 0.6 is 0 Å². The zero-order valence-corrected chi connectivity index (χ0v) is 11.3. The lowest BCUT2D eigenvalue weighted by molar-refractivity contribution is 0.157. The van der Waals surface area contributed by atoms with Crippen LogP contribution < -0.4 is 10.1 Å². The van der Waals surface area contributed by atoms with Crippen molar-refractivity contribution in [1.82, 2.24) is 5.32 Å². The summed E-state index contributed by atoms with van der Waals surface area (Å²) >= 11 is 0. The molecule has 0 aliphatic heterocycles. The lowest BCUT2D eigenvalue weighted by Gasteiger charge is -2.18. The second-order valence-corrected chi connectivity index (χ2v) is 4.50. The first kappa shape index (κ1) is 14.8. The number of phenols is 1. The molecule has 0 spiro atoms. The Morgan fingerprint density at radius 1 is 1.39 bits per heavy atom. The molecular formula is C14H23NO3. The molecule has 1 aromatic carbocycles. The van der Waals surface area contributed by atoms with E-state index in [0.717, 1.165) is 18.4 Å². The van der Waals surface area contributed by atoms with Crippen molar-refractivity contribution in [2.45, 2.75) is 38.8 Å². The number of ether oxygens (including phenoxy) is 1. The largest absolute Gasteiger partial charge is 0.504 e. The predicted octanol–water partition coefficient (Wildman–Crippen LogP) is 2.21. The number of aliphatic hydroxyl groups is 1. The van der Waals surface area contributed by atoms with Crippen molar-refractivity contribution in [3.05, 3.63) is 23.8 Å². The molecule has 0 bridgehead atoms. The summed E-state index contributed by atoms with van der Waals surface area (Å²) in [7, 11) is 1.53. The van der Waals surface area contributed by atoms with Gasteiger partial charge in [-0.05, 0) is 31.0 Å². The Balaban J connectivity index is 2.58. The number of nitrogens with one attached hydrogen (secondary N) is 1. The van der Waals surface area contributed by atoms with Gasteiger partial charge in [0.25, 0.3) is 0 Å². The molecule has 3 N–H and O–H groups in total. The summed E-state index contributed by atoms with van der Waals surface area (Å²) in [6.45, 7) is 4.64. The van der Waals surface area contributed by atoms with Crippen LogP contribution in [0.15, 0.2) is 18.2 Å². The van der Waals surface area contributed by atoms with Crippen LogP contribution in [0, 0.1) is 0 Å². The Bertz CT molecular complexity index is 368. The molecule has 2 unspecified atom stereocenters. The van der Waals surface area contributed by atoms with Gasteiger partial charge in [-0.3, -0.25) is 0 Å². The molecule has 0 fully saturated rings. The first-order valence-corrected chi connectivity index (χ1v) is 6.36.